The van der Waals surface area contributed by atoms with Gasteiger partial charge in [0.1, 0.15) is 5.75 Å². The molecule has 1 aromatic heterocycles. The third-order valence-electron chi connectivity index (χ3n) is 4.88. The number of rotatable bonds is 14. The number of guanidine groups is 1. The number of carboxylic acids is 2. The van der Waals surface area contributed by atoms with Crippen LogP contribution in [0.25, 0.3) is 10.9 Å². The number of ether oxygens (including phenoxy) is 1. The van der Waals surface area contributed by atoms with E-state index < -0.39 is 11.9 Å². The second-order valence-electron chi connectivity index (χ2n) is 7.70. The number of carbonyl (C=O) groups is 2. The summed E-state index contributed by atoms with van der Waals surface area (Å²) in [6.07, 6.45) is 10.3. The lowest BCUT2D eigenvalue weighted by Gasteiger charge is -2.00. The van der Waals surface area contributed by atoms with Crippen molar-refractivity contribution in [3.63, 3.8) is 0 Å². The predicted molar refractivity (Wildman–Crippen MR) is 135 cm³/mol. The number of hydrogen-bond donors (Lipinski definition) is 5. The Bertz CT molecular complexity index is 921. The van der Waals surface area contributed by atoms with E-state index in [1.807, 2.05) is 24.4 Å². The first-order chi connectivity index (χ1) is 16.4. The van der Waals surface area contributed by atoms with Crippen LogP contribution < -0.4 is 15.9 Å². The number of fused-ring (bicyclic) bond motifs is 1. The highest BCUT2D eigenvalue weighted by Crippen LogP contribution is 2.22. The first-order valence-corrected chi connectivity index (χ1v) is 11.5. The highest BCUT2D eigenvalue weighted by molar-refractivity contribution is 5.99. The summed E-state index contributed by atoms with van der Waals surface area (Å²) in [7, 11) is 1.65. The SMILES string of the molecule is CCCCCN=C(N)N/N=C/c1c[nH]c2ccc(OC)cc12.O=C(O)CCCCCCC(=O)O. The molecule has 6 N–H and O–H groups in total. The normalized spacial score (nSPS) is 11.3. The summed E-state index contributed by atoms with van der Waals surface area (Å²) >= 11 is 0. The number of aliphatic imine (C=N–C) groups is 1. The van der Waals surface area contributed by atoms with Gasteiger partial charge in [0.2, 0.25) is 5.96 Å². The summed E-state index contributed by atoms with van der Waals surface area (Å²) in [5.74, 6) is -0.419. The standard InChI is InChI=1S/C16H23N5O.C8H14O4/c1-3-4-5-8-18-16(17)21-20-11-12-10-19-15-7-6-13(22-2)9-14(12)15;9-7(10)5-3-1-2-4-6-8(11)12/h6-7,9-11,19H,3-5,8H2,1-2H3,(H3,17,18,21);1-6H2,(H,9,10)(H,11,12)/b20-11+;. The van der Waals surface area contributed by atoms with Crippen LogP contribution in [-0.2, 0) is 9.59 Å². The molecule has 0 spiro atoms. The molecule has 0 atom stereocenters. The van der Waals surface area contributed by atoms with Crippen molar-refractivity contribution in [3.8, 4) is 5.75 Å². The molecule has 1 heterocycles. The van der Waals surface area contributed by atoms with Crippen LogP contribution in [0.5, 0.6) is 5.75 Å². The Balaban J connectivity index is 0.000000411. The van der Waals surface area contributed by atoms with E-state index in [1.54, 1.807) is 13.3 Å². The number of aromatic nitrogens is 1. The predicted octanol–water partition coefficient (Wildman–Crippen LogP) is 4.10. The number of hydrazone groups is 1. The van der Waals surface area contributed by atoms with Crippen molar-refractivity contribution >= 4 is 35.0 Å². The first kappa shape index (κ1) is 28.5. The van der Waals surface area contributed by atoms with Crippen molar-refractivity contribution in [2.45, 2.75) is 64.7 Å². The van der Waals surface area contributed by atoms with Gasteiger partial charge in [-0.2, -0.15) is 5.10 Å². The van der Waals surface area contributed by atoms with Crippen LogP contribution >= 0.6 is 0 Å². The fourth-order valence-electron chi connectivity index (χ4n) is 3.03. The third kappa shape index (κ3) is 12.5. The maximum Gasteiger partial charge on any atom is 0.303 e. The number of H-pyrrole nitrogens is 1. The Kier molecular flexibility index (Phi) is 14.2. The summed E-state index contributed by atoms with van der Waals surface area (Å²) in [5, 5.41) is 21.7. The van der Waals surface area contributed by atoms with E-state index >= 15 is 0 Å². The molecule has 188 valence electrons. The molecule has 0 aliphatic carbocycles. The molecule has 1 aromatic carbocycles. The van der Waals surface area contributed by atoms with Crippen molar-refractivity contribution in [2.24, 2.45) is 15.8 Å². The highest BCUT2D eigenvalue weighted by atomic mass is 16.5. The van der Waals surface area contributed by atoms with E-state index in [9.17, 15) is 9.59 Å². The van der Waals surface area contributed by atoms with Crippen LogP contribution in [-0.4, -0.2) is 53.0 Å². The second-order valence-corrected chi connectivity index (χ2v) is 7.70. The number of nitrogens with zero attached hydrogens (tertiary/aromatic N) is 2. The number of nitrogens with two attached hydrogens (primary N) is 1. The van der Waals surface area contributed by atoms with E-state index in [0.29, 0.717) is 18.8 Å². The Morgan fingerprint density at radius 3 is 2.35 bits per heavy atom. The van der Waals surface area contributed by atoms with E-state index in [4.69, 9.17) is 20.7 Å². The molecule has 0 unspecified atom stereocenters. The zero-order chi connectivity index (χ0) is 25.2. The van der Waals surface area contributed by atoms with Crippen LogP contribution in [0.4, 0.5) is 0 Å². The number of hydrogen-bond acceptors (Lipinski definition) is 5. The van der Waals surface area contributed by atoms with Gasteiger partial charge in [0, 0.05) is 42.0 Å². The molecule has 0 aliphatic heterocycles. The fraction of sp³-hybridized carbons (Fsp3) is 0.500. The molecule has 0 fully saturated rings. The molecule has 0 saturated carbocycles. The number of aliphatic carboxylic acids is 2. The van der Waals surface area contributed by atoms with Crippen LogP contribution in [0.15, 0.2) is 34.5 Å². The molecule has 10 heteroatoms. The van der Waals surface area contributed by atoms with E-state index in [2.05, 4.69) is 27.4 Å². The molecular weight excluding hydrogens is 438 g/mol. The van der Waals surface area contributed by atoms with Crippen LogP contribution in [0.2, 0.25) is 0 Å². The van der Waals surface area contributed by atoms with E-state index in [0.717, 1.165) is 54.4 Å². The van der Waals surface area contributed by atoms with Gasteiger partial charge in [0.25, 0.3) is 0 Å². The molecule has 0 bridgehead atoms. The largest absolute Gasteiger partial charge is 0.497 e. The zero-order valence-corrected chi connectivity index (χ0v) is 20.0. The van der Waals surface area contributed by atoms with Gasteiger partial charge in [-0.3, -0.25) is 14.6 Å². The molecule has 0 radical (unpaired) electrons. The number of aromatic amines is 1. The lowest BCUT2D eigenvalue weighted by molar-refractivity contribution is -0.138. The zero-order valence-electron chi connectivity index (χ0n) is 20.0. The number of carboxylic acid groups (broad SMARTS) is 2. The molecule has 0 saturated heterocycles. The first-order valence-electron chi connectivity index (χ1n) is 11.5. The van der Waals surface area contributed by atoms with Crippen molar-refractivity contribution in [3.05, 3.63) is 30.0 Å². The second kappa shape index (κ2) is 17.0. The molecular formula is C24H37N5O5. The van der Waals surface area contributed by atoms with Crippen LogP contribution in [0.3, 0.4) is 0 Å². The van der Waals surface area contributed by atoms with E-state index in [-0.39, 0.29) is 12.8 Å². The Morgan fingerprint density at radius 2 is 1.76 bits per heavy atom. The van der Waals surface area contributed by atoms with Crippen LogP contribution in [0, 0.1) is 0 Å². The third-order valence-corrected chi connectivity index (χ3v) is 4.88. The average molecular weight is 476 g/mol. The minimum Gasteiger partial charge on any atom is -0.497 e. The Morgan fingerprint density at radius 1 is 1.09 bits per heavy atom. The molecule has 0 aliphatic rings. The lowest BCUT2D eigenvalue weighted by Crippen LogP contribution is -2.27. The fourth-order valence-corrected chi connectivity index (χ4v) is 3.03. The quantitative estimate of drug-likeness (QED) is 0.119. The highest BCUT2D eigenvalue weighted by Gasteiger charge is 2.03. The smallest absolute Gasteiger partial charge is 0.303 e. The van der Waals surface area contributed by atoms with Gasteiger partial charge in [-0.25, -0.2) is 5.43 Å². The number of benzene rings is 1. The molecule has 2 aromatic rings. The van der Waals surface area contributed by atoms with Crippen molar-refractivity contribution in [2.75, 3.05) is 13.7 Å². The monoisotopic (exact) mass is 475 g/mol. The molecule has 10 nitrogen and oxygen atoms in total. The number of methoxy groups -OCH3 is 1. The summed E-state index contributed by atoms with van der Waals surface area (Å²) < 4.78 is 5.24. The van der Waals surface area contributed by atoms with Gasteiger partial charge in [0.05, 0.1) is 13.3 Å². The van der Waals surface area contributed by atoms with E-state index in [1.165, 1.54) is 6.42 Å². The minimum atomic E-state index is -0.784. The van der Waals surface area contributed by atoms with Crippen molar-refractivity contribution < 1.29 is 24.5 Å². The summed E-state index contributed by atoms with van der Waals surface area (Å²) in [5.41, 5.74) is 10.5. The van der Waals surface area contributed by atoms with Gasteiger partial charge in [-0.05, 0) is 37.5 Å². The summed E-state index contributed by atoms with van der Waals surface area (Å²) in [4.78, 5) is 27.5. The maximum absolute atomic E-state index is 10.0. The topological polar surface area (TPSA) is 162 Å². The lowest BCUT2D eigenvalue weighted by atomic mass is 10.1. The van der Waals surface area contributed by atoms with Gasteiger partial charge in [-0.15, -0.1) is 0 Å². The van der Waals surface area contributed by atoms with Crippen molar-refractivity contribution in [1.82, 2.24) is 10.4 Å². The minimum absolute atomic E-state index is 0.188. The molecule has 0 amide bonds. The van der Waals surface area contributed by atoms with Crippen molar-refractivity contribution in [1.29, 1.82) is 0 Å². The van der Waals surface area contributed by atoms with Gasteiger partial charge in [0.15, 0.2) is 0 Å². The molecule has 34 heavy (non-hydrogen) atoms. The van der Waals surface area contributed by atoms with Crippen LogP contribution in [0.1, 0.15) is 70.3 Å². The van der Waals surface area contributed by atoms with Gasteiger partial charge in [-0.1, -0.05) is 32.6 Å². The number of nitrogens with one attached hydrogen (secondary N) is 2. The van der Waals surface area contributed by atoms with Gasteiger partial charge < -0.3 is 25.7 Å². The number of unbranched alkanes of at least 4 members (excludes halogenated alkanes) is 5. The average Bonchev–Trinajstić information content (AvgIpc) is 3.21. The summed E-state index contributed by atoms with van der Waals surface area (Å²) in [6, 6.07) is 5.86. The Labute approximate surface area is 200 Å². The summed E-state index contributed by atoms with van der Waals surface area (Å²) in [6.45, 7) is 2.89. The van der Waals surface area contributed by atoms with Gasteiger partial charge >= 0.3 is 11.9 Å². The maximum atomic E-state index is 10.0. The Hall–Kier alpha value is -3.56. The molecule has 2 rings (SSSR count).